The molecule has 2 aromatic heterocycles. The lowest BCUT2D eigenvalue weighted by molar-refractivity contribution is 0.483. The summed E-state index contributed by atoms with van der Waals surface area (Å²) in [5.74, 6) is 1.94. The zero-order chi connectivity index (χ0) is 34.6. The Morgan fingerprint density at radius 3 is 2.38 bits per heavy atom. The number of pyridine rings is 1. The topological polar surface area (TPSA) is 33.5 Å². The molecule has 8 rings (SSSR count). The molecular formula is C42H38N4O. The summed E-state index contributed by atoms with van der Waals surface area (Å²) in [5.41, 5.74) is 8.20. The van der Waals surface area contributed by atoms with E-state index in [1.54, 1.807) is 18.3 Å². The van der Waals surface area contributed by atoms with Crippen molar-refractivity contribution in [3.05, 3.63) is 150 Å². The van der Waals surface area contributed by atoms with Gasteiger partial charge in [0.2, 0.25) is 0 Å². The quantitative estimate of drug-likeness (QED) is 0.186. The molecule has 0 bridgehead atoms. The fraction of sp³-hybridized carbons (Fsp3) is 0.167. The first-order valence-corrected chi connectivity index (χ1v) is 16.0. The number of ether oxygens (including phenoxy) is 1. The van der Waals surface area contributed by atoms with Gasteiger partial charge in [0.15, 0.2) is 0 Å². The summed E-state index contributed by atoms with van der Waals surface area (Å²) in [4.78, 5) is 9.35. The van der Waals surface area contributed by atoms with Crippen LogP contribution in [-0.4, -0.2) is 16.2 Å². The predicted octanol–water partition coefficient (Wildman–Crippen LogP) is 10.7. The number of hydrogen-bond acceptors (Lipinski definition) is 4. The monoisotopic (exact) mass is 617 g/mol. The molecule has 1 aliphatic heterocycles. The van der Waals surface area contributed by atoms with Crippen molar-refractivity contribution in [2.75, 3.05) is 16.5 Å². The van der Waals surface area contributed by atoms with Gasteiger partial charge in [0.25, 0.3) is 0 Å². The van der Waals surface area contributed by atoms with Gasteiger partial charge in [-0.05, 0) is 83.6 Å². The summed E-state index contributed by atoms with van der Waals surface area (Å²) in [6, 6.07) is 43.0. The summed E-state index contributed by atoms with van der Waals surface area (Å²) in [6.07, 6.45) is 1.56. The lowest BCUT2D eigenvalue weighted by atomic mass is 9.86. The highest BCUT2D eigenvalue weighted by Crippen LogP contribution is 2.42. The van der Waals surface area contributed by atoms with Gasteiger partial charge in [0.1, 0.15) is 17.3 Å². The van der Waals surface area contributed by atoms with Crippen molar-refractivity contribution in [1.29, 1.82) is 0 Å². The molecule has 0 spiro atoms. The van der Waals surface area contributed by atoms with Gasteiger partial charge in [-0.1, -0.05) is 81.4 Å². The number of hydrogen-bond donors (Lipinski definition) is 0. The van der Waals surface area contributed by atoms with E-state index in [1.807, 2.05) is 47.0 Å². The average molecular weight is 618 g/mol. The van der Waals surface area contributed by atoms with E-state index in [2.05, 4.69) is 108 Å². The Kier molecular flexibility index (Phi) is 6.19. The van der Waals surface area contributed by atoms with Crippen LogP contribution in [0.1, 0.15) is 41.6 Å². The standard InChI is InChI=1S/C42H38N4O/c1-29-21-22-43-41(23-29)46-37-16-6-5-15-35(37)36-20-19-34(26-40(36)46)47-33-14-10-13-32(25-33)45-28-44(38-17-7-8-18-39(38)45)27-30-11-9-12-31(24-30)42(2,3)4/h5-26H,27-28H2,1-4H3/i1D3. The number of fused-ring (bicyclic) bond motifs is 4. The number of aromatic nitrogens is 2. The molecule has 5 heteroatoms. The van der Waals surface area contributed by atoms with Crippen molar-refractivity contribution >= 4 is 38.9 Å². The molecule has 0 unspecified atom stereocenters. The molecule has 232 valence electrons. The number of nitrogens with zero attached hydrogens (tertiary/aromatic N) is 4. The van der Waals surface area contributed by atoms with E-state index in [0.717, 1.165) is 52.1 Å². The van der Waals surface area contributed by atoms with Crippen molar-refractivity contribution in [3.63, 3.8) is 0 Å². The Labute approximate surface area is 280 Å². The summed E-state index contributed by atoms with van der Waals surface area (Å²) in [5, 5.41) is 2.09. The second-order valence-electron chi connectivity index (χ2n) is 13.2. The van der Waals surface area contributed by atoms with Crippen LogP contribution in [0.25, 0.3) is 27.6 Å². The van der Waals surface area contributed by atoms with Crippen LogP contribution in [0.5, 0.6) is 11.5 Å². The minimum Gasteiger partial charge on any atom is -0.457 e. The van der Waals surface area contributed by atoms with Gasteiger partial charge in [-0.15, -0.1) is 0 Å². The SMILES string of the molecule is [2H]C([2H])([2H])c1ccnc(-n2c3ccccc3c3ccc(Oc4cccc(N5CN(Cc6cccc(C(C)(C)C)c6)c6ccccc65)c4)cc32)c1. The average Bonchev–Trinajstić information content (AvgIpc) is 3.63. The summed E-state index contributed by atoms with van der Waals surface area (Å²) < 4.78 is 32.4. The van der Waals surface area contributed by atoms with Crippen LogP contribution in [0.4, 0.5) is 17.1 Å². The van der Waals surface area contributed by atoms with Crippen molar-refractivity contribution in [2.45, 2.75) is 39.6 Å². The maximum Gasteiger partial charge on any atom is 0.137 e. The van der Waals surface area contributed by atoms with Gasteiger partial charge < -0.3 is 14.5 Å². The third kappa shape index (κ3) is 5.38. The lowest BCUT2D eigenvalue weighted by Crippen LogP contribution is -2.27. The number of anilines is 3. The van der Waals surface area contributed by atoms with Crippen molar-refractivity contribution < 1.29 is 8.85 Å². The molecule has 0 amide bonds. The first kappa shape index (κ1) is 25.6. The van der Waals surface area contributed by atoms with Crippen molar-refractivity contribution in [3.8, 4) is 17.3 Å². The van der Waals surface area contributed by atoms with Crippen LogP contribution >= 0.6 is 0 Å². The van der Waals surface area contributed by atoms with Gasteiger partial charge in [0.05, 0.1) is 29.1 Å². The molecule has 1 aliphatic rings. The van der Waals surface area contributed by atoms with Gasteiger partial charge in [-0.3, -0.25) is 4.57 Å². The van der Waals surface area contributed by atoms with Gasteiger partial charge >= 0.3 is 0 Å². The molecule has 0 N–H and O–H groups in total. The Morgan fingerprint density at radius 2 is 1.51 bits per heavy atom. The molecule has 0 fully saturated rings. The molecule has 3 heterocycles. The molecule has 5 nitrogen and oxygen atoms in total. The molecule has 5 aromatic carbocycles. The number of rotatable bonds is 6. The van der Waals surface area contributed by atoms with E-state index in [-0.39, 0.29) is 11.0 Å². The minimum absolute atomic E-state index is 0.0914. The van der Waals surface area contributed by atoms with E-state index in [4.69, 9.17) is 8.85 Å². The van der Waals surface area contributed by atoms with E-state index < -0.39 is 6.85 Å². The Balaban J connectivity index is 1.11. The highest BCUT2D eigenvalue weighted by Gasteiger charge is 2.27. The zero-order valence-electron chi connectivity index (χ0n) is 29.8. The Morgan fingerprint density at radius 1 is 0.723 bits per heavy atom. The second kappa shape index (κ2) is 11.4. The number of benzene rings is 5. The molecule has 0 aliphatic carbocycles. The normalized spacial score (nSPS) is 14.2. The summed E-state index contributed by atoms with van der Waals surface area (Å²) in [6.45, 7) is 6.06. The largest absolute Gasteiger partial charge is 0.457 e. The van der Waals surface area contributed by atoms with Gasteiger partial charge in [0, 0.05) is 45.4 Å². The van der Waals surface area contributed by atoms with E-state index in [0.29, 0.717) is 11.6 Å². The summed E-state index contributed by atoms with van der Waals surface area (Å²) >= 11 is 0. The van der Waals surface area contributed by atoms with E-state index in [1.165, 1.54) is 16.8 Å². The molecule has 47 heavy (non-hydrogen) atoms. The van der Waals surface area contributed by atoms with E-state index in [9.17, 15) is 0 Å². The molecule has 0 atom stereocenters. The molecule has 0 radical (unpaired) electrons. The maximum absolute atomic E-state index is 7.96. The van der Waals surface area contributed by atoms with Gasteiger partial charge in [-0.2, -0.15) is 0 Å². The van der Waals surface area contributed by atoms with Crippen LogP contribution in [0.2, 0.25) is 0 Å². The van der Waals surface area contributed by atoms with Gasteiger partial charge in [-0.25, -0.2) is 4.98 Å². The smallest absolute Gasteiger partial charge is 0.137 e. The third-order valence-electron chi connectivity index (χ3n) is 8.98. The van der Waals surface area contributed by atoms with Crippen LogP contribution < -0.4 is 14.5 Å². The Bertz CT molecular complexity index is 2370. The highest BCUT2D eigenvalue weighted by atomic mass is 16.5. The second-order valence-corrected chi connectivity index (χ2v) is 13.2. The van der Waals surface area contributed by atoms with Crippen molar-refractivity contribution in [1.82, 2.24) is 9.55 Å². The van der Waals surface area contributed by atoms with Crippen LogP contribution in [0.15, 0.2) is 134 Å². The minimum atomic E-state index is -2.24. The molecule has 7 aromatic rings. The number of para-hydroxylation sites is 3. The predicted molar refractivity (Wildman–Crippen MR) is 195 cm³/mol. The highest BCUT2D eigenvalue weighted by molar-refractivity contribution is 6.09. The fourth-order valence-electron chi connectivity index (χ4n) is 6.65. The van der Waals surface area contributed by atoms with Crippen molar-refractivity contribution in [2.24, 2.45) is 0 Å². The van der Waals surface area contributed by atoms with Crippen LogP contribution in [-0.2, 0) is 12.0 Å². The zero-order valence-corrected chi connectivity index (χ0v) is 26.8. The van der Waals surface area contributed by atoms with E-state index >= 15 is 0 Å². The van der Waals surface area contributed by atoms with Crippen LogP contribution in [0, 0.1) is 6.85 Å². The fourth-order valence-corrected chi connectivity index (χ4v) is 6.65. The molecule has 0 saturated carbocycles. The summed E-state index contributed by atoms with van der Waals surface area (Å²) in [7, 11) is 0. The molecular weight excluding hydrogens is 576 g/mol. The van der Waals surface area contributed by atoms with Crippen LogP contribution in [0.3, 0.4) is 0 Å². The maximum atomic E-state index is 7.96. The molecule has 0 saturated heterocycles. The first-order valence-electron chi connectivity index (χ1n) is 17.5. The Hall–Kier alpha value is -5.55. The third-order valence-corrected chi connectivity index (χ3v) is 8.98. The number of aryl methyl sites for hydroxylation is 1. The lowest BCUT2D eigenvalue weighted by Gasteiger charge is -2.24. The first-order chi connectivity index (χ1) is 24.0.